The fourth-order valence-electron chi connectivity index (χ4n) is 9.93. The monoisotopic (exact) mass is 790 g/mol. The molecule has 0 unspecified atom stereocenters. The average molecular weight is 791 g/mol. The Morgan fingerprint density at radius 3 is 1.18 bits per heavy atom. The number of nitrogens with zero attached hydrogens (tertiary/aromatic N) is 3. The van der Waals surface area contributed by atoms with Crippen molar-refractivity contribution in [1.82, 2.24) is 15.0 Å². The van der Waals surface area contributed by atoms with Gasteiger partial charge in [-0.1, -0.05) is 188 Å². The van der Waals surface area contributed by atoms with Crippen LogP contribution in [0.3, 0.4) is 0 Å². The summed E-state index contributed by atoms with van der Waals surface area (Å²) in [4.78, 5) is 14.9. The van der Waals surface area contributed by atoms with Gasteiger partial charge >= 0.3 is 0 Å². The molecule has 4 nitrogen and oxygen atoms in total. The summed E-state index contributed by atoms with van der Waals surface area (Å²) in [5.74, 6) is 1.92. The third-order valence-electron chi connectivity index (χ3n) is 12.7. The second-order valence-corrected chi connectivity index (χ2v) is 16.2. The van der Waals surface area contributed by atoms with E-state index in [0.29, 0.717) is 17.5 Å². The van der Waals surface area contributed by atoms with Crippen LogP contribution >= 0.6 is 0 Å². The molecule has 2 N–H and O–H groups in total. The molecule has 4 heteroatoms. The molecule has 1 aromatic heterocycles. The Morgan fingerprint density at radius 2 is 0.645 bits per heavy atom. The first-order chi connectivity index (χ1) is 30.6. The predicted octanol–water partition coefficient (Wildman–Crippen LogP) is 13.8. The van der Waals surface area contributed by atoms with E-state index in [-0.39, 0.29) is 0 Å². The van der Waals surface area contributed by atoms with Gasteiger partial charge in [0.15, 0.2) is 17.5 Å². The van der Waals surface area contributed by atoms with E-state index in [1.165, 1.54) is 38.9 Å². The maximum Gasteiger partial charge on any atom is 0.164 e. The Labute approximate surface area is 360 Å². The SMILES string of the molecule is Nc1cccc2c1-c1cc(-c3cccc(-c4cccc(-c5cccc(-c6nc(-c7ccccc7)nc(-c7ccccc7)n6)c5)c4)c3)ccc1C21c2ccccc2-c2ccccc21. The first-order valence-electron chi connectivity index (χ1n) is 21.1. The van der Waals surface area contributed by atoms with Crippen molar-refractivity contribution < 1.29 is 0 Å². The molecule has 0 saturated heterocycles. The van der Waals surface area contributed by atoms with Gasteiger partial charge in [-0.3, -0.25) is 0 Å². The minimum atomic E-state index is -0.427. The maximum absolute atomic E-state index is 6.92. The number of hydrogen-bond donors (Lipinski definition) is 1. The van der Waals surface area contributed by atoms with E-state index in [2.05, 4.69) is 152 Å². The minimum Gasteiger partial charge on any atom is -0.398 e. The van der Waals surface area contributed by atoms with Crippen molar-refractivity contribution in [3.8, 4) is 89.8 Å². The van der Waals surface area contributed by atoms with Crippen molar-refractivity contribution in [3.05, 3.63) is 241 Å². The average Bonchev–Trinajstić information content (AvgIpc) is 3.82. The molecule has 62 heavy (non-hydrogen) atoms. The van der Waals surface area contributed by atoms with Crippen LogP contribution in [0, 0.1) is 0 Å². The molecular weight excluding hydrogens is 753 g/mol. The Bertz CT molecular complexity index is 3270. The van der Waals surface area contributed by atoms with Gasteiger partial charge in [0, 0.05) is 27.9 Å². The smallest absolute Gasteiger partial charge is 0.164 e. The molecule has 0 fully saturated rings. The van der Waals surface area contributed by atoms with Gasteiger partial charge in [0.1, 0.15) is 0 Å². The van der Waals surface area contributed by atoms with Crippen LogP contribution in [-0.2, 0) is 5.41 Å². The summed E-state index contributed by atoms with van der Waals surface area (Å²) in [6.45, 7) is 0. The second kappa shape index (κ2) is 14.2. The summed E-state index contributed by atoms with van der Waals surface area (Å²) in [6.07, 6.45) is 0. The van der Waals surface area contributed by atoms with Crippen LogP contribution in [0.25, 0.3) is 89.8 Å². The Balaban J connectivity index is 0.917. The van der Waals surface area contributed by atoms with Gasteiger partial charge in [-0.25, -0.2) is 15.0 Å². The quantitative estimate of drug-likeness (QED) is 0.170. The first kappa shape index (κ1) is 35.7. The highest BCUT2D eigenvalue weighted by molar-refractivity contribution is 5.99. The molecule has 0 radical (unpaired) electrons. The standard InChI is InChI=1S/C58H38N4/c59-53-30-14-29-52-54(53)48-36-44(31-32-51(48)58(52)49-27-9-7-25-46(49)47-26-8-10-28-50(47)58)42-22-12-20-40(34-42)39-19-11-21-41(33-39)43-23-13-24-45(35-43)57-61-55(37-15-3-1-4-16-37)60-56(62-57)38-17-5-2-6-18-38/h1-36H,59H2. The largest absolute Gasteiger partial charge is 0.398 e. The lowest BCUT2D eigenvalue weighted by molar-refractivity contribution is 0.794. The Kier molecular flexibility index (Phi) is 8.19. The summed E-state index contributed by atoms with van der Waals surface area (Å²) in [6, 6.07) is 77.5. The molecule has 9 aromatic carbocycles. The van der Waals surface area contributed by atoms with Crippen molar-refractivity contribution >= 4 is 5.69 Å². The minimum absolute atomic E-state index is 0.427. The highest BCUT2D eigenvalue weighted by Gasteiger charge is 2.52. The van der Waals surface area contributed by atoms with Crippen molar-refractivity contribution in [2.45, 2.75) is 5.41 Å². The summed E-state index contributed by atoms with van der Waals surface area (Å²) in [5, 5.41) is 0. The molecule has 0 aliphatic heterocycles. The van der Waals surface area contributed by atoms with Crippen molar-refractivity contribution in [2.24, 2.45) is 0 Å². The molecule has 0 amide bonds. The van der Waals surface area contributed by atoms with E-state index in [4.69, 9.17) is 20.7 Å². The second-order valence-electron chi connectivity index (χ2n) is 16.2. The summed E-state index contributed by atoms with van der Waals surface area (Å²) in [5.41, 5.74) is 27.0. The predicted molar refractivity (Wildman–Crippen MR) is 253 cm³/mol. The van der Waals surface area contributed by atoms with Crippen LogP contribution in [0.4, 0.5) is 5.69 Å². The Morgan fingerprint density at radius 1 is 0.274 bits per heavy atom. The van der Waals surface area contributed by atoms with Crippen molar-refractivity contribution in [1.29, 1.82) is 0 Å². The van der Waals surface area contributed by atoms with Crippen LogP contribution < -0.4 is 5.73 Å². The maximum atomic E-state index is 6.92. The lowest BCUT2D eigenvalue weighted by Gasteiger charge is -2.30. The number of anilines is 1. The molecule has 12 rings (SSSR count). The molecule has 0 atom stereocenters. The van der Waals surface area contributed by atoms with Gasteiger partial charge in [0.05, 0.1) is 5.41 Å². The zero-order valence-electron chi connectivity index (χ0n) is 33.7. The third-order valence-corrected chi connectivity index (χ3v) is 12.7. The lowest BCUT2D eigenvalue weighted by Crippen LogP contribution is -2.25. The van der Waals surface area contributed by atoms with Gasteiger partial charge in [-0.05, 0) is 103 Å². The van der Waals surface area contributed by atoms with E-state index in [9.17, 15) is 0 Å². The lowest BCUT2D eigenvalue weighted by atomic mass is 9.70. The van der Waals surface area contributed by atoms with Crippen LogP contribution in [0.2, 0.25) is 0 Å². The van der Waals surface area contributed by atoms with Gasteiger partial charge in [-0.15, -0.1) is 0 Å². The van der Waals surface area contributed by atoms with E-state index in [1.807, 2.05) is 66.7 Å². The molecule has 2 aliphatic carbocycles. The number of hydrogen-bond acceptors (Lipinski definition) is 4. The molecule has 1 heterocycles. The highest BCUT2D eigenvalue weighted by Crippen LogP contribution is 2.63. The van der Waals surface area contributed by atoms with Crippen molar-refractivity contribution in [2.75, 3.05) is 5.73 Å². The topological polar surface area (TPSA) is 64.7 Å². The van der Waals surface area contributed by atoms with E-state index in [0.717, 1.165) is 61.3 Å². The molecular formula is C58H38N4. The highest BCUT2D eigenvalue weighted by atomic mass is 15.0. The van der Waals surface area contributed by atoms with Crippen LogP contribution in [0.5, 0.6) is 0 Å². The van der Waals surface area contributed by atoms with Crippen LogP contribution in [0.15, 0.2) is 218 Å². The molecule has 0 saturated carbocycles. The number of nitrogen functional groups attached to an aromatic ring is 1. The van der Waals surface area contributed by atoms with E-state index >= 15 is 0 Å². The molecule has 2 aliphatic rings. The fourth-order valence-corrected chi connectivity index (χ4v) is 9.93. The number of rotatable bonds is 6. The van der Waals surface area contributed by atoms with Gasteiger partial charge in [0.2, 0.25) is 0 Å². The summed E-state index contributed by atoms with van der Waals surface area (Å²) >= 11 is 0. The fraction of sp³-hybridized carbons (Fsp3) is 0.0172. The first-order valence-corrected chi connectivity index (χ1v) is 21.1. The van der Waals surface area contributed by atoms with Crippen LogP contribution in [-0.4, -0.2) is 15.0 Å². The van der Waals surface area contributed by atoms with Crippen LogP contribution in [0.1, 0.15) is 22.3 Å². The van der Waals surface area contributed by atoms with E-state index in [1.54, 1.807) is 0 Å². The number of aromatic nitrogens is 3. The van der Waals surface area contributed by atoms with Crippen molar-refractivity contribution in [3.63, 3.8) is 0 Å². The summed E-state index contributed by atoms with van der Waals surface area (Å²) in [7, 11) is 0. The number of nitrogens with two attached hydrogens (primary N) is 1. The zero-order valence-corrected chi connectivity index (χ0v) is 33.7. The zero-order chi connectivity index (χ0) is 41.2. The normalized spacial score (nSPS) is 12.7. The molecule has 290 valence electrons. The van der Waals surface area contributed by atoms with E-state index < -0.39 is 5.41 Å². The number of benzene rings is 9. The molecule has 0 bridgehead atoms. The third kappa shape index (κ3) is 5.58. The van der Waals surface area contributed by atoms with Gasteiger partial charge in [-0.2, -0.15) is 0 Å². The molecule has 1 spiro atoms. The van der Waals surface area contributed by atoms with Gasteiger partial charge in [0.25, 0.3) is 0 Å². The molecule has 10 aromatic rings. The number of fused-ring (bicyclic) bond motifs is 10. The summed E-state index contributed by atoms with van der Waals surface area (Å²) < 4.78 is 0. The Hall–Kier alpha value is -8.21. The van der Waals surface area contributed by atoms with Gasteiger partial charge < -0.3 is 5.73 Å².